The molecule has 0 aromatic heterocycles. The summed E-state index contributed by atoms with van der Waals surface area (Å²) in [6.07, 6.45) is 23.3. The van der Waals surface area contributed by atoms with E-state index in [0.717, 1.165) is 31.6 Å². The summed E-state index contributed by atoms with van der Waals surface area (Å²) >= 11 is 0. The van der Waals surface area contributed by atoms with Crippen LogP contribution in [0.25, 0.3) is 6.08 Å². The first-order chi connectivity index (χ1) is 13.8. The minimum atomic E-state index is 0.940. The van der Waals surface area contributed by atoms with Gasteiger partial charge in [0.05, 0.1) is 0 Å². The summed E-state index contributed by atoms with van der Waals surface area (Å²) in [4.78, 5) is 0. The molecule has 1 aromatic carbocycles. The fraction of sp³-hybridized carbons (Fsp3) is 0.357. The number of rotatable bonds is 6. The van der Waals surface area contributed by atoms with Gasteiger partial charge in [0.1, 0.15) is 0 Å². The van der Waals surface area contributed by atoms with E-state index in [2.05, 4.69) is 61.2 Å². The lowest BCUT2D eigenvalue weighted by Gasteiger charge is -2.15. The van der Waals surface area contributed by atoms with E-state index in [0.29, 0.717) is 0 Å². The number of hydrogen-bond acceptors (Lipinski definition) is 0. The van der Waals surface area contributed by atoms with E-state index in [-0.39, 0.29) is 0 Å². The minimum Gasteiger partial charge on any atom is -0.0952 e. The Hall–Kier alpha value is -2.34. The normalized spacial score (nSPS) is 21.2. The van der Waals surface area contributed by atoms with Crippen molar-refractivity contribution >= 4 is 6.08 Å². The maximum Gasteiger partial charge on any atom is -0.00137 e. The lowest BCUT2D eigenvalue weighted by Crippen LogP contribution is -1.98. The van der Waals surface area contributed by atoms with Crippen molar-refractivity contribution in [2.75, 3.05) is 0 Å². The fourth-order valence-corrected chi connectivity index (χ4v) is 5.41. The summed E-state index contributed by atoms with van der Waals surface area (Å²) in [5.74, 6) is 0.940. The average Bonchev–Trinajstić information content (AvgIpc) is 3.48. The molecular formula is C28H30. The van der Waals surface area contributed by atoms with Crippen molar-refractivity contribution in [2.45, 2.75) is 57.8 Å². The van der Waals surface area contributed by atoms with Gasteiger partial charge >= 0.3 is 0 Å². The van der Waals surface area contributed by atoms with E-state index < -0.39 is 0 Å². The average molecular weight is 367 g/mol. The van der Waals surface area contributed by atoms with Gasteiger partial charge in [-0.25, -0.2) is 0 Å². The Morgan fingerprint density at radius 2 is 1.86 bits per heavy atom. The standard InChI is InChI=1S/C28H30/c1-20(23-14-13-22(17-23)16-21-7-2-3-8-21)15-26-11-6-12-28(26)27-18-24-9-4-5-10-25(24)19-27/h4-5,9-14,18,21H,1-3,6-8,15-17,19H2. The van der Waals surface area contributed by atoms with Crippen molar-refractivity contribution in [3.8, 4) is 0 Å². The molecule has 0 spiro atoms. The Bertz CT molecular complexity index is 952. The zero-order chi connectivity index (χ0) is 18.9. The summed E-state index contributed by atoms with van der Waals surface area (Å²) in [6, 6.07) is 8.79. The highest BCUT2D eigenvalue weighted by atomic mass is 14.3. The van der Waals surface area contributed by atoms with Crippen LogP contribution in [0, 0.1) is 5.92 Å². The molecule has 1 aromatic rings. The van der Waals surface area contributed by atoms with E-state index in [9.17, 15) is 0 Å². The molecule has 0 nitrogen and oxygen atoms in total. The quantitative estimate of drug-likeness (QED) is 0.484. The molecule has 0 aliphatic heterocycles. The van der Waals surface area contributed by atoms with Gasteiger partial charge in [-0.3, -0.25) is 0 Å². The summed E-state index contributed by atoms with van der Waals surface area (Å²) in [5.41, 5.74) is 11.7. The molecule has 28 heavy (non-hydrogen) atoms. The molecule has 0 heterocycles. The highest BCUT2D eigenvalue weighted by Gasteiger charge is 2.23. The van der Waals surface area contributed by atoms with Gasteiger partial charge in [-0.05, 0) is 77.0 Å². The van der Waals surface area contributed by atoms with Gasteiger partial charge in [0.25, 0.3) is 0 Å². The van der Waals surface area contributed by atoms with Crippen LogP contribution in [0.3, 0.4) is 0 Å². The summed E-state index contributed by atoms with van der Waals surface area (Å²) in [6.45, 7) is 4.48. The second-order valence-corrected chi connectivity index (χ2v) is 8.96. The Balaban J connectivity index is 1.20. The summed E-state index contributed by atoms with van der Waals surface area (Å²) in [5, 5.41) is 0. The topological polar surface area (TPSA) is 0 Å². The molecule has 1 fully saturated rings. The van der Waals surface area contributed by atoms with Crippen LogP contribution in [0.1, 0.15) is 62.5 Å². The molecule has 0 radical (unpaired) electrons. The molecule has 0 atom stereocenters. The molecule has 0 bridgehead atoms. The first-order valence-corrected chi connectivity index (χ1v) is 11.0. The molecule has 0 saturated heterocycles. The molecule has 0 heteroatoms. The zero-order valence-electron chi connectivity index (χ0n) is 16.8. The molecule has 0 unspecified atom stereocenters. The van der Waals surface area contributed by atoms with Crippen LogP contribution in [-0.2, 0) is 6.42 Å². The van der Waals surface area contributed by atoms with Gasteiger partial charge in [0, 0.05) is 0 Å². The SMILES string of the molecule is C=C(CC1=CCC=C1C1=Cc2ccccc2C1)C1=CC=C(CC2CCCC2)C1. The van der Waals surface area contributed by atoms with Gasteiger partial charge in [0.2, 0.25) is 0 Å². The van der Waals surface area contributed by atoms with Gasteiger partial charge in [-0.2, -0.15) is 0 Å². The number of hydrogen-bond donors (Lipinski definition) is 0. The van der Waals surface area contributed by atoms with E-state index in [1.165, 1.54) is 71.1 Å². The lowest BCUT2D eigenvalue weighted by molar-refractivity contribution is 0.540. The number of benzene rings is 1. The zero-order valence-corrected chi connectivity index (χ0v) is 16.8. The van der Waals surface area contributed by atoms with E-state index in [1.54, 1.807) is 5.57 Å². The lowest BCUT2D eigenvalue weighted by atomic mass is 9.90. The summed E-state index contributed by atoms with van der Waals surface area (Å²) < 4.78 is 0. The van der Waals surface area contributed by atoms with Crippen molar-refractivity contribution in [1.29, 1.82) is 0 Å². The van der Waals surface area contributed by atoms with E-state index >= 15 is 0 Å². The smallest absolute Gasteiger partial charge is 0.00137 e. The maximum absolute atomic E-state index is 4.48. The monoisotopic (exact) mass is 366 g/mol. The molecular weight excluding hydrogens is 336 g/mol. The first kappa shape index (κ1) is 17.7. The van der Waals surface area contributed by atoms with Crippen molar-refractivity contribution in [3.63, 3.8) is 0 Å². The molecule has 5 rings (SSSR count). The second-order valence-electron chi connectivity index (χ2n) is 8.96. The van der Waals surface area contributed by atoms with E-state index in [1.807, 2.05) is 0 Å². The Morgan fingerprint density at radius 3 is 2.71 bits per heavy atom. The highest BCUT2D eigenvalue weighted by Crippen LogP contribution is 2.40. The predicted molar refractivity (Wildman–Crippen MR) is 120 cm³/mol. The van der Waals surface area contributed by atoms with Crippen molar-refractivity contribution < 1.29 is 0 Å². The fourth-order valence-electron chi connectivity index (χ4n) is 5.41. The van der Waals surface area contributed by atoms with Gasteiger partial charge in [0.15, 0.2) is 0 Å². The predicted octanol–water partition coefficient (Wildman–Crippen LogP) is 7.67. The molecule has 1 saturated carbocycles. The number of fused-ring (bicyclic) bond motifs is 1. The highest BCUT2D eigenvalue weighted by molar-refractivity contribution is 5.72. The molecule has 142 valence electrons. The van der Waals surface area contributed by atoms with Gasteiger partial charge in [-0.1, -0.05) is 92.5 Å². The first-order valence-electron chi connectivity index (χ1n) is 11.0. The second kappa shape index (κ2) is 7.59. The number of allylic oxidation sites excluding steroid dienone is 10. The minimum absolute atomic E-state index is 0.940. The third-order valence-electron chi connectivity index (χ3n) is 6.97. The van der Waals surface area contributed by atoms with Crippen molar-refractivity contribution in [1.82, 2.24) is 0 Å². The van der Waals surface area contributed by atoms with Crippen LogP contribution < -0.4 is 0 Å². The van der Waals surface area contributed by atoms with Crippen LogP contribution in [0.4, 0.5) is 0 Å². The van der Waals surface area contributed by atoms with Crippen molar-refractivity contribution in [2.24, 2.45) is 5.92 Å². The third kappa shape index (κ3) is 3.53. The van der Waals surface area contributed by atoms with E-state index in [4.69, 9.17) is 0 Å². The Morgan fingerprint density at radius 1 is 1.00 bits per heavy atom. The molecule has 0 amide bonds. The molecule has 0 N–H and O–H groups in total. The van der Waals surface area contributed by atoms with Crippen LogP contribution in [0.5, 0.6) is 0 Å². The van der Waals surface area contributed by atoms with Gasteiger partial charge < -0.3 is 0 Å². The summed E-state index contributed by atoms with van der Waals surface area (Å²) in [7, 11) is 0. The Labute approximate surface area is 169 Å². The third-order valence-corrected chi connectivity index (χ3v) is 6.97. The van der Waals surface area contributed by atoms with Gasteiger partial charge in [-0.15, -0.1) is 0 Å². The van der Waals surface area contributed by atoms with Crippen LogP contribution in [0.15, 0.2) is 88.6 Å². The van der Waals surface area contributed by atoms with Crippen LogP contribution in [0.2, 0.25) is 0 Å². The Kier molecular flexibility index (Phi) is 4.81. The molecule has 4 aliphatic rings. The van der Waals surface area contributed by atoms with Crippen molar-refractivity contribution in [3.05, 3.63) is 99.7 Å². The maximum atomic E-state index is 4.48. The van der Waals surface area contributed by atoms with Crippen LogP contribution >= 0.6 is 0 Å². The molecule has 4 aliphatic carbocycles. The largest absolute Gasteiger partial charge is 0.0952 e. The van der Waals surface area contributed by atoms with Crippen LogP contribution in [-0.4, -0.2) is 0 Å².